The van der Waals surface area contributed by atoms with Crippen LogP contribution in [0.3, 0.4) is 0 Å². The Morgan fingerprint density at radius 1 is 1.08 bits per heavy atom. The lowest BCUT2D eigenvalue weighted by atomic mass is 10.2. The molecule has 2 aromatic heterocycles. The molecule has 0 saturated heterocycles. The van der Waals surface area contributed by atoms with Crippen molar-refractivity contribution >= 4 is 38.3 Å². The lowest BCUT2D eigenvalue weighted by molar-refractivity contribution is 0.306. The van der Waals surface area contributed by atoms with E-state index < -0.39 is 0 Å². The third-order valence-corrected chi connectivity index (χ3v) is 5.23. The Kier molecular flexibility index (Phi) is 4.24. The highest BCUT2D eigenvalue weighted by Crippen LogP contribution is 2.34. The van der Waals surface area contributed by atoms with Crippen molar-refractivity contribution in [2.75, 3.05) is 5.73 Å². The van der Waals surface area contributed by atoms with Crippen molar-refractivity contribution in [3.8, 4) is 5.75 Å². The second-order valence-electron chi connectivity index (χ2n) is 5.99. The van der Waals surface area contributed by atoms with Crippen LogP contribution < -0.4 is 10.5 Å². The maximum absolute atomic E-state index is 6.14. The summed E-state index contributed by atoms with van der Waals surface area (Å²) in [6.45, 7) is 2.69. The minimum Gasteiger partial charge on any atom is -0.489 e. The summed E-state index contributed by atoms with van der Waals surface area (Å²) in [5, 5.41) is 2.19. The van der Waals surface area contributed by atoms with Gasteiger partial charge in [0.2, 0.25) is 0 Å². The van der Waals surface area contributed by atoms with E-state index in [1.165, 1.54) is 0 Å². The Morgan fingerprint density at radius 3 is 2.72 bits per heavy atom. The van der Waals surface area contributed by atoms with Crippen molar-refractivity contribution in [2.45, 2.75) is 26.4 Å². The maximum atomic E-state index is 6.14. The Hall–Kier alpha value is -2.66. The van der Waals surface area contributed by atoms with E-state index in [9.17, 15) is 0 Å². The molecule has 0 fully saturated rings. The van der Waals surface area contributed by atoms with Gasteiger partial charge in [-0.25, -0.2) is 9.97 Å². The van der Waals surface area contributed by atoms with Gasteiger partial charge in [0.05, 0.1) is 15.2 Å². The van der Waals surface area contributed by atoms with E-state index in [4.69, 9.17) is 10.5 Å². The lowest BCUT2D eigenvalue weighted by Crippen LogP contribution is -1.96. The van der Waals surface area contributed by atoms with Gasteiger partial charge in [-0.2, -0.15) is 0 Å². The van der Waals surface area contributed by atoms with Crippen molar-refractivity contribution in [1.29, 1.82) is 0 Å². The van der Waals surface area contributed by atoms with Crippen LogP contribution in [0, 0.1) is 0 Å². The van der Waals surface area contributed by atoms with Gasteiger partial charge in [0.25, 0.3) is 0 Å². The van der Waals surface area contributed by atoms with Crippen LogP contribution in [0.25, 0.3) is 21.1 Å². The van der Waals surface area contributed by atoms with Crippen molar-refractivity contribution in [3.05, 3.63) is 59.1 Å². The zero-order valence-electron chi connectivity index (χ0n) is 14.0. The number of aromatic nitrogens is 2. The van der Waals surface area contributed by atoms with Crippen molar-refractivity contribution < 1.29 is 4.74 Å². The third-order valence-electron chi connectivity index (χ3n) is 4.08. The quantitative estimate of drug-likeness (QED) is 0.553. The fourth-order valence-corrected chi connectivity index (χ4v) is 4.06. The molecule has 0 saturated carbocycles. The Morgan fingerprint density at radius 2 is 1.92 bits per heavy atom. The van der Waals surface area contributed by atoms with Crippen LogP contribution in [-0.4, -0.2) is 9.97 Å². The number of benzene rings is 2. The minimum absolute atomic E-state index is 0.487. The van der Waals surface area contributed by atoms with E-state index in [0.29, 0.717) is 12.4 Å². The number of thiazole rings is 1. The number of nitrogens with zero attached hydrogens (tertiary/aromatic N) is 2. The average Bonchev–Trinajstić information content (AvgIpc) is 3.06. The van der Waals surface area contributed by atoms with Crippen LogP contribution in [0.5, 0.6) is 5.75 Å². The highest BCUT2D eigenvalue weighted by Gasteiger charge is 2.12. The number of nitrogens with two attached hydrogens (primary N) is 1. The highest BCUT2D eigenvalue weighted by atomic mass is 32.1. The summed E-state index contributed by atoms with van der Waals surface area (Å²) in [5.74, 6) is 1.28. The summed E-state index contributed by atoms with van der Waals surface area (Å²) in [4.78, 5) is 9.19. The number of pyridine rings is 1. The van der Waals surface area contributed by atoms with Gasteiger partial charge in [-0.3, -0.25) is 0 Å². The first kappa shape index (κ1) is 15.8. The standard InChI is InChI=1S/C20H19N3OS/c1-2-6-17-23-18-19(25-17)15-10-9-14(11-16(15)22-20(18)21)24-12-13-7-4-3-5-8-13/h3-5,7-11H,2,6,12H2,1H3,(H2,21,22). The number of nitrogen functional groups attached to an aromatic ring is 1. The monoisotopic (exact) mass is 349 g/mol. The maximum Gasteiger partial charge on any atom is 0.151 e. The van der Waals surface area contributed by atoms with Crippen LogP contribution in [0.2, 0.25) is 0 Å². The van der Waals surface area contributed by atoms with Gasteiger partial charge in [0, 0.05) is 11.5 Å². The molecule has 5 heteroatoms. The summed E-state index contributed by atoms with van der Waals surface area (Å²) >= 11 is 1.71. The predicted octanol–water partition coefficient (Wildman–Crippen LogP) is 4.96. The first-order chi connectivity index (χ1) is 12.2. The molecule has 0 aliphatic carbocycles. The zero-order chi connectivity index (χ0) is 17.2. The summed E-state index contributed by atoms with van der Waals surface area (Å²) in [5.41, 5.74) is 8.94. The van der Waals surface area contributed by atoms with Crippen LogP contribution in [-0.2, 0) is 13.0 Å². The molecule has 2 aromatic carbocycles. The average molecular weight is 349 g/mol. The van der Waals surface area contributed by atoms with E-state index in [1.807, 2.05) is 42.5 Å². The Balaban J connectivity index is 1.69. The number of aryl methyl sites for hydroxylation is 1. The summed E-state index contributed by atoms with van der Waals surface area (Å²) in [6, 6.07) is 16.1. The SMILES string of the molecule is CCCc1nc2c(N)nc3cc(OCc4ccccc4)ccc3c2s1. The molecule has 0 amide bonds. The fraction of sp³-hybridized carbons (Fsp3) is 0.200. The van der Waals surface area contributed by atoms with E-state index in [0.717, 1.165) is 50.3 Å². The first-order valence-electron chi connectivity index (χ1n) is 8.40. The predicted molar refractivity (Wildman–Crippen MR) is 104 cm³/mol. The molecule has 0 aliphatic rings. The first-order valence-corrected chi connectivity index (χ1v) is 9.21. The molecule has 4 aromatic rings. The zero-order valence-corrected chi connectivity index (χ0v) is 14.8. The third kappa shape index (κ3) is 3.15. The number of hydrogen-bond donors (Lipinski definition) is 1. The van der Waals surface area contributed by atoms with Crippen molar-refractivity contribution in [1.82, 2.24) is 9.97 Å². The molecule has 0 atom stereocenters. The number of fused-ring (bicyclic) bond motifs is 3. The molecule has 0 spiro atoms. The summed E-state index contributed by atoms with van der Waals surface area (Å²) < 4.78 is 7.01. The largest absolute Gasteiger partial charge is 0.489 e. The normalized spacial score (nSPS) is 11.2. The second-order valence-corrected chi connectivity index (χ2v) is 7.07. The molecular weight excluding hydrogens is 330 g/mol. The van der Waals surface area contributed by atoms with Gasteiger partial charge in [0.15, 0.2) is 5.82 Å². The molecule has 126 valence electrons. The van der Waals surface area contributed by atoms with Crippen LogP contribution in [0.1, 0.15) is 23.9 Å². The molecule has 0 aliphatic heterocycles. The molecule has 4 rings (SSSR count). The summed E-state index contributed by atoms with van der Waals surface area (Å²) in [6.07, 6.45) is 2.04. The Bertz CT molecular complexity index is 1030. The van der Waals surface area contributed by atoms with Gasteiger partial charge in [-0.1, -0.05) is 37.3 Å². The highest BCUT2D eigenvalue weighted by molar-refractivity contribution is 7.19. The van der Waals surface area contributed by atoms with E-state index in [2.05, 4.69) is 23.0 Å². The summed E-state index contributed by atoms with van der Waals surface area (Å²) in [7, 11) is 0. The molecule has 0 unspecified atom stereocenters. The molecule has 2 heterocycles. The molecular formula is C20H19N3OS. The minimum atomic E-state index is 0.487. The Labute approximate surface area is 150 Å². The molecule has 0 radical (unpaired) electrons. The fourth-order valence-electron chi connectivity index (χ4n) is 2.85. The second kappa shape index (κ2) is 6.69. The van der Waals surface area contributed by atoms with Gasteiger partial charge < -0.3 is 10.5 Å². The van der Waals surface area contributed by atoms with Gasteiger partial charge >= 0.3 is 0 Å². The van der Waals surface area contributed by atoms with E-state index in [1.54, 1.807) is 11.3 Å². The smallest absolute Gasteiger partial charge is 0.151 e. The van der Waals surface area contributed by atoms with Crippen molar-refractivity contribution in [3.63, 3.8) is 0 Å². The number of hydrogen-bond acceptors (Lipinski definition) is 5. The number of anilines is 1. The van der Waals surface area contributed by atoms with Crippen molar-refractivity contribution in [2.24, 2.45) is 0 Å². The van der Waals surface area contributed by atoms with Crippen LogP contribution in [0.4, 0.5) is 5.82 Å². The molecule has 25 heavy (non-hydrogen) atoms. The van der Waals surface area contributed by atoms with Crippen LogP contribution in [0.15, 0.2) is 48.5 Å². The number of ether oxygens (including phenoxy) is 1. The van der Waals surface area contributed by atoms with Crippen LogP contribution >= 0.6 is 11.3 Å². The molecule has 2 N–H and O–H groups in total. The van der Waals surface area contributed by atoms with Gasteiger partial charge in [0.1, 0.15) is 17.9 Å². The number of rotatable bonds is 5. The molecule has 0 bridgehead atoms. The van der Waals surface area contributed by atoms with E-state index in [-0.39, 0.29) is 0 Å². The van der Waals surface area contributed by atoms with Gasteiger partial charge in [-0.05, 0) is 30.5 Å². The van der Waals surface area contributed by atoms with E-state index >= 15 is 0 Å². The van der Waals surface area contributed by atoms with Gasteiger partial charge in [-0.15, -0.1) is 11.3 Å². The lowest BCUT2D eigenvalue weighted by Gasteiger charge is -2.08. The topological polar surface area (TPSA) is 61.0 Å². The molecule has 4 nitrogen and oxygen atoms in total.